The number of aryl methyl sites for hydroxylation is 1. The third-order valence-electron chi connectivity index (χ3n) is 4.03. The number of carbonyl (C=O) groups is 2. The zero-order chi connectivity index (χ0) is 17.8. The molecule has 1 aliphatic heterocycles. The first-order valence-corrected chi connectivity index (χ1v) is 10.1. The number of rotatable bonds is 6. The first-order valence-electron chi connectivity index (χ1n) is 8.27. The van der Waals surface area contributed by atoms with Crippen molar-refractivity contribution in [3.63, 3.8) is 0 Å². The molecule has 2 amide bonds. The number of hydrogen-bond donors (Lipinski definition) is 1. The second kappa shape index (κ2) is 7.97. The van der Waals surface area contributed by atoms with Crippen molar-refractivity contribution in [3.8, 4) is 0 Å². The van der Waals surface area contributed by atoms with Crippen molar-refractivity contribution in [1.29, 1.82) is 0 Å². The van der Waals surface area contributed by atoms with Crippen LogP contribution >= 0.6 is 23.1 Å². The Kier molecular flexibility index (Phi) is 5.70. The van der Waals surface area contributed by atoms with E-state index in [0.717, 1.165) is 22.2 Å². The number of benzene rings is 1. The van der Waals surface area contributed by atoms with Gasteiger partial charge in [0.2, 0.25) is 16.9 Å². The van der Waals surface area contributed by atoms with E-state index in [1.165, 1.54) is 16.9 Å². The molecule has 2 heterocycles. The van der Waals surface area contributed by atoms with Gasteiger partial charge in [-0.15, -0.1) is 10.2 Å². The second-order valence-corrected chi connectivity index (χ2v) is 8.21. The minimum Gasteiger partial charge on any atom is -0.312 e. The van der Waals surface area contributed by atoms with E-state index in [1.807, 2.05) is 31.2 Å². The predicted octanol–water partition coefficient (Wildman–Crippen LogP) is 3.20. The van der Waals surface area contributed by atoms with E-state index in [0.29, 0.717) is 11.7 Å². The Bertz CT molecular complexity index is 778. The molecule has 0 bridgehead atoms. The van der Waals surface area contributed by atoms with Crippen molar-refractivity contribution in [2.75, 3.05) is 22.5 Å². The normalized spacial score (nSPS) is 17.1. The SMILES string of the molecule is CCSc1nnc(NC(=O)C2CC(=O)N(c3cccc(CC)c3)C2)s1. The summed E-state index contributed by atoms with van der Waals surface area (Å²) in [6.45, 7) is 4.51. The Morgan fingerprint density at radius 1 is 1.40 bits per heavy atom. The molecule has 1 aliphatic rings. The molecular weight excluding hydrogens is 356 g/mol. The van der Waals surface area contributed by atoms with Gasteiger partial charge >= 0.3 is 0 Å². The molecule has 1 saturated heterocycles. The molecule has 1 unspecified atom stereocenters. The Morgan fingerprint density at radius 3 is 3.00 bits per heavy atom. The van der Waals surface area contributed by atoms with E-state index in [4.69, 9.17) is 0 Å². The lowest BCUT2D eigenvalue weighted by Gasteiger charge is -2.17. The van der Waals surface area contributed by atoms with Gasteiger partial charge in [0.15, 0.2) is 4.34 Å². The fourth-order valence-electron chi connectivity index (χ4n) is 2.73. The van der Waals surface area contributed by atoms with E-state index in [9.17, 15) is 9.59 Å². The number of aromatic nitrogens is 2. The van der Waals surface area contributed by atoms with Crippen molar-refractivity contribution in [1.82, 2.24) is 10.2 Å². The Balaban J connectivity index is 1.65. The lowest BCUT2D eigenvalue weighted by molar-refractivity contribution is -0.122. The van der Waals surface area contributed by atoms with Crippen molar-refractivity contribution in [3.05, 3.63) is 29.8 Å². The maximum absolute atomic E-state index is 12.5. The molecule has 0 saturated carbocycles. The maximum atomic E-state index is 12.5. The Hall–Kier alpha value is -1.93. The Labute approximate surface area is 155 Å². The smallest absolute Gasteiger partial charge is 0.231 e. The average molecular weight is 377 g/mol. The topological polar surface area (TPSA) is 75.2 Å². The monoisotopic (exact) mass is 376 g/mol. The predicted molar refractivity (Wildman–Crippen MR) is 101 cm³/mol. The second-order valence-electron chi connectivity index (χ2n) is 5.72. The number of thioether (sulfide) groups is 1. The van der Waals surface area contributed by atoms with Crippen molar-refractivity contribution in [2.45, 2.75) is 31.0 Å². The molecule has 6 nitrogen and oxygen atoms in total. The van der Waals surface area contributed by atoms with E-state index < -0.39 is 0 Å². The molecule has 25 heavy (non-hydrogen) atoms. The summed E-state index contributed by atoms with van der Waals surface area (Å²) >= 11 is 2.95. The summed E-state index contributed by atoms with van der Waals surface area (Å²) in [7, 11) is 0. The molecule has 132 valence electrons. The summed E-state index contributed by atoms with van der Waals surface area (Å²) in [4.78, 5) is 26.5. The van der Waals surface area contributed by atoms with Crippen molar-refractivity contribution in [2.24, 2.45) is 5.92 Å². The first-order chi connectivity index (χ1) is 12.1. The van der Waals surface area contributed by atoms with Gasteiger partial charge in [-0.05, 0) is 29.9 Å². The zero-order valence-corrected chi connectivity index (χ0v) is 15.8. The van der Waals surface area contributed by atoms with Crippen molar-refractivity contribution >= 4 is 45.7 Å². The van der Waals surface area contributed by atoms with E-state index in [1.54, 1.807) is 16.7 Å². The van der Waals surface area contributed by atoms with Crippen LogP contribution in [0, 0.1) is 5.92 Å². The minimum absolute atomic E-state index is 0.0205. The number of carbonyl (C=O) groups excluding carboxylic acids is 2. The lowest BCUT2D eigenvalue weighted by atomic mass is 10.1. The van der Waals surface area contributed by atoms with E-state index >= 15 is 0 Å². The van der Waals surface area contributed by atoms with Crippen LogP contribution in [0.4, 0.5) is 10.8 Å². The number of anilines is 2. The van der Waals surface area contributed by atoms with Crippen LogP contribution in [-0.2, 0) is 16.0 Å². The summed E-state index contributed by atoms with van der Waals surface area (Å²) in [6.07, 6.45) is 1.13. The van der Waals surface area contributed by atoms with Gasteiger partial charge in [-0.25, -0.2) is 0 Å². The molecule has 1 aromatic carbocycles. The lowest BCUT2D eigenvalue weighted by Crippen LogP contribution is -2.28. The quantitative estimate of drug-likeness (QED) is 0.619. The number of hydrogen-bond acceptors (Lipinski definition) is 6. The van der Waals surface area contributed by atoms with E-state index in [-0.39, 0.29) is 24.2 Å². The van der Waals surface area contributed by atoms with Crippen LogP contribution in [-0.4, -0.2) is 34.3 Å². The molecule has 0 aliphatic carbocycles. The van der Waals surface area contributed by atoms with Crippen molar-refractivity contribution < 1.29 is 9.59 Å². The largest absolute Gasteiger partial charge is 0.312 e. The van der Waals surface area contributed by atoms with Crippen LogP contribution in [0.2, 0.25) is 0 Å². The maximum Gasteiger partial charge on any atom is 0.231 e. The van der Waals surface area contributed by atoms with Gasteiger partial charge < -0.3 is 10.2 Å². The van der Waals surface area contributed by atoms with Gasteiger partial charge in [-0.1, -0.05) is 49.1 Å². The van der Waals surface area contributed by atoms with Gasteiger partial charge in [0.05, 0.1) is 5.92 Å². The van der Waals surface area contributed by atoms with Gasteiger partial charge in [-0.3, -0.25) is 9.59 Å². The molecule has 2 aromatic rings. The fourth-order valence-corrected chi connectivity index (χ4v) is 4.38. The summed E-state index contributed by atoms with van der Waals surface area (Å²) in [5, 5.41) is 11.3. The molecule has 0 radical (unpaired) electrons. The molecule has 0 spiro atoms. The van der Waals surface area contributed by atoms with Gasteiger partial charge in [0, 0.05) is 18.7 Å². The third kappa shape index (κ3) is 4.19. The molecule has 1 fully saturated rings. The fraction of sp³-hybridized carbons (Fsp3) is 0.412. The highest BCUT2D eigenvalue weighted by Gasteiger charge is 2.35. The summed E-state index contributed by atoms with van der Waals surface area (Å²) in [6, 6.07) is 7.91. The number of nitrogens with zero attached hydrogens (tertiary/aromatic N) is 3. The van der Waals surface area contributed by atoms with Gasteiger partial charge in [-0.2, -0.15) is 0 Å². The van der Waals surface area contributed by atoms with Crippen LogP contribution < -0.4 is 10.2 Å². The highest BCUT2D eigenvalue weighted by molar-refractivity contribution is 8.01. The van der Waals surface area contributed by atoms with Crippen LogP contribution in [0.1, 0.15) is 25.8 Å². The minimum atomic E-state index is -0.371. The summed E-state index contributed by atoms with van der Waals surface area (Å²) < 4.78 is 0.832. The zero-order valence-electron chi connectivity index (χ0n) is 14.2. The Morgan fingerprint density at radius 2 is 2.24 bits per heavy atom. The molecule has 1 atom stereocenters. The van der Waals surface area contributed by atoms with Gasteiger partial charge in [0.25, 0.3) is 0 Å². The third-order valence-corrected chi connectivity index (χ3v) is 5.88. The molecule has 1 N–H and O–H groups in total. The average Bonchev–Trinajstić information content (AvgIpc) is 3.22. The number of nitrogens with one attached hydrogen (secondary N) is 1. The van der Waals surface area contributed by atoms with Crippen LogP contribution in [0.5, 0.6) is 0 Å². The first kappa shape index (κ1) is 17.9. The molecule has 8 heteroatoms. The summed E-state index contributed by atoms with van der Waals surface area (Å²) in [5.41, 5.74) is 2.03. The van der Waals surface area contributed by atoms with Crippen LogP contribution in [0.15, 0.2) is 28.6 Å². The van der Waals surface area contributed by atoms with Gasteiger partial charge in [0.1, 0.15) is 0 Å². The molecule has 1 aromatic heterocycles. The standard InChI is InChI=1S/C17H20N4O2S2/c1-3-11-6-5-7-13(8-11)21-10-12(9-14(21)22)15(23)18-16-19-20-17(25-16)24-4-2/h5-8,12H,3-4,9-10H2,1-2H3,(H,18,19,23). The van der Waals surface area contributed by atoms with E-state index in [2.05, 4.69) is 22.4 Å². The highest BCUT2D eigenvalue weighted by atomic mass is 32.2. The van der Waals surface area contributed by atoms with Crippen LogP contribution in [0.3, 0.4) is 0 Å². The molecule has 3 rings (SSSR count). The molecular formula is C17H20N4O2S2. The number of amides is 2. The highest BCUT2D eigenvalue weighted by Crippen LogP contribution is 2.29. The summed E-state index contributed by atoms with van der Waals surface area (Å²) in [5.74, 6) is 0.342. The van der Waals surface area contributed by atoms with Crippen LogP contribution in [0.25, 0.3) is 0 Å².